The van der Waals surface area contributed by atoms with E-state index in [2.05, 4.69) is 9.97 Å². The lowest BCUT2D eigenvalue weighted by Gasteiger charge is -2.30. The quantitative estimate of drug-likeness (QED) is 0.706. The van der Waals surface area contributed by atoms with Crippen molar-refractivity contribution in [3.63, 3.8) is 0 Å². The fraction of sp³-hybridized carbons (Fsp3) is 0.261. The summed E-state index contributed by atoms with van der Waals surface area (Å²) in [7, 11) is 3.53. The third-order valence-corrected chi connectivity index (χ3v) is 5.66. The standard InChI is InChI=1S/C23H24N4O2/c1-26(16-20-24-12-13-25-20)21(28)15-23(14-17-8-4-3-5-9-17)18-10-6-7-11-19(18)27(2)22(23)29/h3-13H,14-16H2,1-2H3,(H,24,25). The van der Waals surface area contributed by atoms with Crippen LogP contribution < -0.4 is 4.90 Å². The highest BCUT2D eigenvalue weighted by atomic mass is 16.2. The van der Waals surface area contributed by atoms with Gasteiger partial charge in [0.15, 0.2) is 0 Å². The summed E-state index contributed by atoms with van der Waals surface area (Å²) in [5.41, 5.74) is 1.90. The molecule has 1 aliphatic heterocycles. The summed E-state index contributed by atoms with van der Waals surface area (Å²) in [6.07, 6.45) is 3.99. The lowest BCUT2D eigenvalue weighted by Crippen LogP contribution is -2.44. The molecule has 0 radical (unpaired) electrons. The van der Waals surface area contributed by atoms with Gasteiger partial charge in [0.05, 0.1) is 12.0 Å². The molecule has 1 N–H and O–H groups in total. The van der Waals surface area contributed by atoms with E-state index >= 15 is 0 Å². The molecule has 1 aliphatic rings. The number of hydrogen-bond acceptors (Lipinski definition) is 3. The number of likely N-dealkylation sites (N-methyl/N-ethyl adjacent to an activating group) is 1. The van der Waals surface area contributed by atoms with Gasteiger partial charge < -0.3 is 14.8 Å². The molecule has 2 heterocycles. The topological polar surface area (TPSA) is 69.3 Å². The number of para-hydroxylation sites is 1. The molecule has 3 aromatic rings. The van der Waals surface area contributed by atoms with Crippen molar-refractivity contribution >= 4 is 17.5 Å². The molecule has 0 spiro atoms. The van der Waals surface area contributed by atoms with E-state index in [0.717, 1.165) is 16.8 Å². The first-order chi connectivity index (χ1) is 14.0. The first-order valence-electron chi connectivity index (χ1n) is 9.65. The summed E-state index contributed by atoms with van der Waals surface area (Å²) in [5.74, 6) is 0.589. The van der Waals surface area contributed by atoms with Gasteiger partial charge in [0.25, 0.3) is 0 Å². The van der Waals surface area contributed by atoms with E-state index in [1.807, 2.05) is 54.6 Å². The second-order valence-electron chi connectivity index (χ2n) is 7.59. The number of imidazole rings is 1. The Labute approximate surface area is 170 Å². The van der Waals surface area contributed by atoms with Gasteiger partial charge in [-0.3, -0.25) is 9.59 Å². The van der Waals surface area contributed by atoms with Crippen LogP contribution in [-0.2, 0) is 28.0 Å². The van der Waals surface area contributed by atoms with Gasteiger partial charge in [-0.1, -0.05) is 48.5 Å². The fourth-order valence-corrected chi connectivity index (χ4v) is 4.16. The highest BCUT2D eigenvalue weighted by Gasteiger charge is 2.51. The Hall–Kier alpha value is -3.41. The van der Waals surface area contributed by atoms with E-state index in [1.165, 1.54) is 0 Å². The molecule has 6 heteroatoms. The number of rotatable bonds is 6. The van der Waals surface area contributed by atoms with E-state index in [0.29, 0.717) is 18.8 Å². The molecule has 0 aliphatic carbocycles. The molecule has 1 atom stereocenters. The molecule has 6 nitrogen and oxygen atoms in total. The average molecular weight is 388 g/mol. The number of H-pyrrole nitrogens is 1. The van der Waals surface area contributed by atoms with Crippen LogP contribution in [0.2, 0.25) is 0 Å². The predicted octanol–water partition coefficient (Wildman–Crippen LogP) is 2.92. The first-order valence-corrected chi connectivity index (χ1v) is 9.65. The van der Waals surface area contributed by atoms with Gasteiger partial charge in [0, 0.05) is 38.6 Å². The summed E-state index contributed by atoms with van der Waals surface area (Å²) in [6.45, 7) is 0.374. The lowest BCUT2D eigenvalue weighted by atomic mass is 9.73. The van der Waals surface area contributed by atoms with Crippen LogP contribution in [0.4, 0.5) is 5.69 Å². The average Bonchev–Trinajstić information content (AvgIpc) is 3.31. The third kappa shape index (κ3) is 3.42. The zero-order chi connectivity index (χ0) is 20.4. The molecule has 0 fully saturated rings. The molecule has 148 valence electrons. The Balaban J connectivity index is 1.70. The Morgan fingerprint density at radius 1 is 1.14 bits per heavy atom. The molecule has 0 bridgehead atoms. The summed E-state index contributed by atoms with van der Waals surface area (Å²) < 4.78 is 0. The van der Waals surface area contributed by atoms with Gasteiger partial charge in [-0.05, 0) is 23.6 Å². The van der Waals surface area contributed by atoms with Crippen molar-refractivity contribution in [1.82, 2.24) is 14.9 Å². The van der Waals surface area contributed by atoms with Crippen molar-refractivity contribution in [3.05, 3.63) is 83.9 Å². The van der Waals surface area contributed by atoms with Crippen LogP contribution in [0.25, 0.3) is 0 Å². The highest BCUT2D eigenvalue weighted by Crippen LogP contribution is 2.45. The zero-order valence-electron chi connectivity index (χ0n) is 16.6. The van der Waals surface area contributed by atoms with Crippen LogP contribution in [0.1, 0.15) is 23.4 Å². The van der Waals surface area contributed by atoms with Crippen LogP contribution in [0.15, 0.2) is 67.0 Å². The van der Waals surface area contributed by atoms with Crippen molar-refractivity contribution in [1.29, 1.82) is 0 Å². The molecule has 1 aromatic heterocycles. The number of carbonyl (C=O) groups is 2. The SMILES string of the molecule is CN(Cc1ncc[nH]1)C(=O)CC1(Cc2ccccc2)C(=O)N(C)c2ccccc21. The Bertz CT molecular complexity index is 1020. The number of aromatic nitrogens is 2. The highest BCUT2D eigenvalue weighted by molar-refractivity contribution is 6.09. The maximum Gasteiger partial charge on any atom is 0.238 e. The van der Waals surface area contributed by atoms with Gasteiger partial charge in [-0.2, -0.15) is 0 Å². The van der Waals surface area contributed by atoms with Crippen molar-refractivity contribution in [3.8, 4) is 0 Å². The molecule has 0 saturated heterocycles. The summed E-state index contributed by atoms with van der Waals surface area (Å²) in [5, 5.41) is 0. The molecule has 4 rings (SSSR count). The third-order valence-electron chi connectivity index (χ3n) is 5.66. The summed E-state index contributed by atoms with van der Waals surface area (Å²) in [4.78, 5) is 37.2. The minimum atomic E-state index is -0.915. The Kier molecular flexibility index (Phi) is 4.92. The largest absolute Gasteiger partial charge is 0.347 e. The predicted molar refractivity (Wildman–Crippen MR) is 111 cm³/mol. The number of anilines is 1. The van der Waals surface area contributed by atoms with E-state index in [1.54, 1.807) is 36.3 Å². The van der Waals surface area contributed by atoms with Crippen LogP contribution in [0.5, 0.6) is 0 Å². The minimum Gasteiger partial charge on any atom is -0.347 e. The number of amides is 2. The van der Waals surface area contributed by atoms with E-state index < -0.39 is 5.41 Å². The second-order valence-corrected chi connectivity index (χ2v) is 7.59. The van der Waals surface area contributed by atoms with Crippen LogP contribution in [0, 0.1) is 0 Å². The van der Waals surface area contributed by atoms with Crippen molar-refractivity contribution in [2.45, 2.75) is 24.8 Å². The number of aromatic amines is 1. The molecule has 0 saturated carbocycles. The van der Waals surface area contributed by atoms with Crippen molar-refractivity contribution in [2.75, 3.05) is 19.0 Å². The first kappa shape index (κ1) is 18.9. The summed E-state index contributed by atoms with van der Waals surface area (Å²) >= 11 is 0. The van der Waals surface area contributed by atoms with E-state index in [-0.39, 0.29) is 18.2 Å². The van der Waals surface area contributed by atoms with Gasteiger partial charge >= 0.3 is 0 Å². The molecule has 2 amide bonds. The van der Waals surface area contributed by atoms with Gasteiger partial charge in [-0.15, -0.1) is 0 Å². The van der Waals surface area contributed by atoms with Crippen molar-refractivity contribution in [2.24, 2.45) is 0 Å². The summed E-state index contributed by atoms with van der Waals surface area (Å²) in [6, 6.07) is 17.7. The Morgan fingerprint density at radius 3 is 2.59 bits per heavy atom. The zero-order valence-corrected chi connectivity index (χ0v) is 16.6. The van der Waals surface area contributed by atoms with Crippen LogP contribution in [-0.4, -0.2) is 40.8 Å². The maximum absolute atomic E-state index is 13.5. The normalized spacial score (nSPS) is 18.0. The molecular formula is C23H24N4O2. The molecule has 1 unspecified atom stereocenters. The lowest BCUT2D eigenvalue weighted by molar-refractivity contribution is -0.135. The molecule has 29 heavy (non-hydrogen) atoms. The maximum atomic E-state index is 13.5. The number of benzene rings is 2. The second kappa shape index (κ2) is 7.54. The number of carbonyl (C=O) groups excluding carboxylic acids is 2. The van der Waals surface area contributed by atoms with Crippen LogP contribution in [0.3, 0.4) is 0 Å². The Morgan fingerprint density at radius 2 is 1.86 bits per heavy atom. The monoisotopic (exact) mass is 388 g/mol. The number of fused-ring (bicyclic) bond motifs is 1. The van der Waals surface area contributed by atoms with Gasteiger partial charge in [-0.25, -0.2) is 4.98 Å². The van der Waals surface area contributed by atoms with Crippen LogP contribution >= 0.6 is 0 Å². The van der Waals surface area contributed by atoms with Crippen molar-refractivity contribution < 1.29 is 9.59 Å². The number of hydrogen-bond donors (Lipinski definition) is 1. The smallest absolute Gasteiger partial charge is 0.238 e. The number of nitrogens with zero attached hydrogens (tertiary/aromatic N) is 3. The van der Waals surface area contributed by atoms with Gasteiger partial charge in [0.2, 0.25) is 11.8 Å². The fourth-order valence-electron chi connectivity index (χ4n) is 4.16. The molecule has 2 aromatic carbocycles. The minimum absolute atomic E-state index is 0.0395. The van der Waals surface area contributed by atoms with Gasteiger partial charge in [0.1, 0.15) is 5.82 Å². The number of nitrogens with one attached hydrogen (secondary N) is 1. The van der Waals surface area contributed by atoms with E-state index in [4.69, 9.17) is 0 Å². The van der Waals surface area contributed by atoms with E-state index in [9.17, 15) is 9.59 Å². The molecular weight excluding hydrogens is 364 g/mol.